The van der Waals surface area contributed by atoms with Gasteiger partial charge in [-0.25, -0.2) is 0 Å². The van der Waals surface area contributed by atoms with Gasteiger partial charge in [-0.05, 0) is 12.1 Å². The van der Waals surface area contributed by atoms with E-state index in [0.717, 1.165) is 5.69 Å². The largest absolute Gasteiger partial charge is 0.370 e. The van der Waals surface area contributed by atoms with E-state index in [1.807, 2.05) is 18.2 Å². The van der Waals surface area contributed by atoms with Crippen molar-refractivity contribution in [1.29, 1.82) is 0 Å². The monoisotopic (exact) mass is 209 g/mol. The summed E-state index contributed by atoms with van der Waals surface area (Å²) in [6.07, 6.45) is 1.09. The van der Waals surface area contributed by atoms with Crippen LogP contribution in [0.2, 0.25) is 0 Å². The van der Waals surface area contributed by atoms with Gasteiger partial charge in [-0.2, -0.15) is 0 Å². The third kappa shape index (κ3) is 3.65. The fourth-order valence-corrected chi connectivity index (χ4v) is 1.10. The minimum atomic E-state index is -0.589. The normalized spacial score (nSPS) is 12.1. The molecule has 1 unspecified atom stereocenters. The average Bonchev–Trinajstić information content (AvgIpc) is 2.29. The molecule has 1 rings (SSSR count). The first-order valence-electron chi connectivity index (χ1n) is 4.68. The Labute approximate surface area is 88.6 Å². The number of nitrogens with one attached hydrogen (secondary N) is 1. The number of nitrogens with two attached hydrogens (primary N) is 1. The Kier molecular flexibility index (Phi) is 4.73. The molecule has 0 aliphatic carbocycles. The highest BCUT2D eigenvalue weighted by Crippen LogP contribution is 1.93. The third-order valence-corrected chi connectivity index (χ3v) is 1.96. The van der Waals surface area contributed by atoms with E-state index in [1.54, 1.807) is 6.20 Å². The fourth-order valence-electron chi connectivity index (χ4n) is 1.10. The van der Waals surface area contributed by atoms with Crippen molar-refractivity contribution in [1.82, 2.24) is 10.3 Å². The molecule has 1 aromatic heterocycles. The van der Waals surface area contributed by atoms with Crippen LogP contribution in [-0.4, -0.2) is 30.6 Å². The predicted octanol–water partition coefficient (Wildman–Crippen LogP) is -0.328. The van der Waals surface area contributed by atoms with E-state index in [-0.39, 0.29) is 12.5 Å². The number of methoxy groups -OCH3 is 1. The molecule has 0 bridgehead atoms. The summed E-state index contributed by atoms with van der Waals surface area (Å²) >= 11 is 0. The summed E-state index contributed by atoms with van der Waals surface area (Å²) in [5.41, 5.74) is 6.16. The lowest BCUT2D eigenvalue weighted by Crippen LogP contribution is -2.40. The molecular formula is C10H15N3O2. The number of aromatic nitrogens is 1. The lowest BCUT2D eigenvalue weighted by atomic mass is 10.3. The highest BCUT2D eigenvalue weighted by molar-refractivity contribution is 5.80. The maximum Gasteiger partial charge on any atom is 0.250 e. The van der Waals surface area contributed by atoms with Crippen LogP contribution in [0.1, 0.15) is 5.69 Å². The van der Waals surface area contributed by atoms with E-state index in [9.17, 15) is 4.79 Å². The van der Waals surface area contributed by atoms with Gasteiger partial charge < -0.3 is 15.8 Å². The second kappa shape index (κ2) is 6.10. The van der Waals surface area contributed by atoms with Crippen LogP contribution in [0.3, 0.4) is 0 Å². The van der Waals surface area contributed by atoms with Gasteiger partial charge in [0.2, 0.25) is 0 Å². The summed E-state index contributed by atoms with van der Waals surface area (Å²) in [4.78, 5) is 15.5. The quantitative estimate of drug-likeness (QED) is 0.696. The third-order valence-electron chi connectivity index (χ3n) is 1.96. The number of nitrogens with zero attached hydrogens (tertiary/aromatic N) is 1. The minimum absolute atomic E-state index is 0.171. The molecule has 1 amide bonds. The number of carbonyl (C=O) groups is 1. The molecule has 5 nitrogen and oxygen atoms in total. The number of hydrogen-bond acceptors (Lipinski definition) is 4. The Hall–Kier alpha value is -1.46. The molecule has 15 heavy (non-hydrogen) atoms. The van der Waals surface area contributed by atoms with Crippen molar-refractivity contribution in [3.05, 3.63) is 30.1 Å². The zero-order valence-corrected chi connectivity index (χ0v) is 8.64. The van der Waals surface area contributed by atoms with Crippen molar-refractivity contribution >= 4 is 5.91 Å². The number of pyridine rings is 1. The Morgan fingerprint density at radius 3 is 3.00 bits per heavy atom. The Balaban J connectivity index is 2.40. The summed E-state index contributed by atoms with van der Waals surface area (Å²) in [6, 6.07) is 5.53. The van der Waals surface area contributed by atoms with E-state index < -0.39 is 6.10 Å². The van der Waals surface area contributed by atoms with Gasteiger partial charge in [-0.3, -0.25) is 9.78 Å². The maximum atomic E-state index is 11.4. The van der Waals surface area contributed by atoms with Gasteiger partial charge in [0.05, 0.1) is 12.2 Å². The summed E-state index contributed by atoms with van der Waals surface area (Å²) < 4.78 is 4.89. The molecule has 0 spiro atoms. The first-order chi connectivity index (χ1) is 7.27. The van der Waals surface area contributed by atoms with Crippen LogP contribution in [0.15, 0.2) is 24.4 Å². The lowest BCUT2D eigenvalue weighted by Gasteiger charge is -2.12. The van der Waals surface area contributed by atoms with E-state index in [2.05, 4.69) is 10.3 Å². The van der Waals surface area contributed by atoms with Gasteiger partial charge in [0, 0.05) is 19.9 Å². The molecule has 0 fully saturated rings. The van der Waals surface area contributed by atoms with Crippen LogP contribution in [0.4, 0.5) is 0 Å². The predicted molar refractivity (Wildman–Crippen MR) is 55.9 cm³/mol. The lowest BCUT2D eigenvalue weighted by molar-refractivity contribution is -0.130. The van der Waals surface area contributed by atoms with Crippen LogP contribution in [0.5, 0.6) is 0 Å². The summed E-state index contributed by atoms with van der Waals surface area (Å²) in [6.45, 7) is 0.560. The van der Waals surface area contributed by atoms with Crippen LogP contribution in [0, 0.1) is 0 Å². The Bertz CT molecular complexity index is 299. The van der Waals surface area contributed by atoms with Crippen molar-refractivity contribution in [3.8, 4) is 0 Å². The number of amides is 1. The molecule has 82 valence electrons. The number of hydrogen-bond donors (Lipinski definition) is 2. The molecular weight excluding hydrogens is 194 g/mol. The van der Waals surface area contributed by atoms with Gasteiger partial charge in [0.1, 0.15) is 6.10 Å². The molecule has 0 saturated heterocycles. The summed E-state index contributed by atoms with van der Waals surface area (Å²) in [5.74, 6) is -0.217. The molecule has 1 atom stereocenters. The van der Waals surface area contributed by atoms with E-state index in [4.69, 9.17) is 10.5 Å². The van der Waals surface area contributed by atoms with Crippen molar-refractivity contribution in [2.24, 2.45) is 5.73 Å². The minimum Gasteiger partial charge on any atom is -0.370 e. The SMILES string of the molecule is COC(CN)C(=O)NCc1ccccn1. The van der Waals surface area contributed by atoms with Gasteiger partial charge >= 0.3 is 0 Å². The van der Waals surface area contributed by atoms with E-state index >= 15 is 0 Å². The maximum absolute atomic E-state index is 11.4. The molecule has 0 aromatic carbocycles. The first-order valence-corrected chi connectivity index (χ1v) is 4.68. The Morgan fingerprint density at radius 2 is 2.47 bits per heavy atom. The van der Waals surface area contributed by atoms with Crippen molar-refractivity contribution < 1.29 is 9.53 Å². The molecule has 1 aromatic rings. The number of carbonyl (C=O) groups excluding carboxylic acids is 1. The van der Waals surface area contributed by atoms with Crippen LogP contribution < -0.4 is 11.1 Å². The smallest absolute Gasteiger partial charge is 0.250 e. The molecule has 0 radical (unpaired) electrons. The fraction of sp³-hybridized carbons (Fsp3) is 0.400. The van der Waals surface area contributed by atoms with Gasteiger partial charge in [-0.15, -0.1) is 0 Å². The molecule has 5 heteroatoms. The summed E-state index contributed by atoms with van der Waals surface area (Å²) in [5, 5.41) is 2.69. The summed E-state index contributed by atoms with van der Waals surface area (Å²) in [7, 11) is 1.46. The second-order valence-electron chi connectivity index (χ2n) is 3.00. The standard InChI is InChI=1S/C10H15N3O2/c1-15-9(6-11)10(14)13-7-8-4-2-3-5-12-8/h2-5,9H,6-7,11H2,1H3,(H,13,14). The highest BCUT2D eigenvalue weighted by Gasteiger charge is 2.14. The van der Waals surface area contributed by atoms with Crippen LogP contribution in [0.25, 0.3) is 0 Å². The molecule has 0 aliphatic rings. The van der Waals surface area contributed by atoms with E-state index in [1.165, 1.54) is 7.11 Å². The van der Waals surface area contributed by atoms with Gasteiger partial charge in [0.25, 0.3) is 5.91 Å². The molecule has 0 saturated carbocycles. The molecule has 1 heterocycles. The van der Waals surface area contributed by atoms with Crippen LogP contribution in [-0.2, 0) is 16.1 Å². The van der Waals surface area contributed by atoms with Crippen LogP contribution >= 0.6 is 0 Å². The zero-order valence-electron chi connectivity index (χ0n) is 8.64. The first kappa shape index (κ1) is 11.6. The molecule has 3 N–H and O–H groups in total. The van der Waals surface area contributed by atoms with E-state index in [0.29, 0.717) is 6.54 Å². The Morgan fingerprint density at radius 1 is 1.67 bits per heavy atom. The molecule has 0 aliphatic heterocycles. The topological polar surface area (TPSA) is 77.2 Å². The number of rotatable bonds is 5. The average molecular weight is 209 g/mol. The second-order valence-corrected chi connectivity index (χ2v) is 3.00. The van der Waals surface area contributed by atoms with Gasteiger partial charge in [-0.1, -0.05) is 6.07 Å². The van der Waals surface area contributed by atoms with Crippen molar-refractivity contribution in [3.63, 3.8) is 0 Å². The van der Waals surface area contributed by atoms with Crippen molar-refractivity contribution in [2.45, 2.75) is 12.6 Å². The van der Waals surface area contributed by atoms with Gasteiger partial charge in [0.15, 0.2) is 0 Å². The number of ether oxygens (including phenoxy) is 1. The highest BCUT2D eigenvalue weighted by atomic mass is 16.5. The zero-order chi connectivity index (χ0) is 11.1. The van der Waals surface area contributed by atoms with Crippen molar-refractivity contribution in [2.75, 3.05) is 13.7 Å².